The average molecular weight is 346 g/mol. The van der Waals surface area contributed by atoms with Crippen LogP contribution in [0.25, 0.3) is 10.9 Å². The summed E-state index contributed by atoms with van der Waals surface area (Å²) in [6, 6.07) is 4.43. The molecule has 0 spiro atoms. The number of fused-ring (bicyclic) bond motifs is 1. The van der Waals surface area contributed by atoms with Gasteiger partial charge in [0.25, 0.3) is 0 Å². The summed E-state index contributed by atoms with van der Waals surface area (Å²) in [7, 11) is 0. The molecule has 124 valence electrons. The molecule has 0 saturated carbocycles. The van der Waals surface area contributed by atoms with E-state index >= 15 is 0 Å². The number of halogens is 1. The number of para-hydroxylation sites is 1. The van der Waals surface area contributed by atoms with Crippen LogP contribution >= 0.6 is 11.6 Å². The predicted molar refractivity (Wildman–Crippen MR) is 90.7 cm³/mol. The first-order valence-corrected chi connectivity index (χ1v) is 7.97. The zero-order valence-electron chi connectivity index (χ0n) is 13.3. The van der Waals surface area contributed by atoms with Gasteiger partial charge in [-0.05, 0) is 25.5 Å². The number of rotatable bonds is 3. The third-order valence-corrected chi connectivity index (χ3v) is 4.62. The van der Waals surface area contributed by atoms with Crippen molar-refractivity contribution >= 4 is 45.9 Å². The van der Waals surface area contributed by atoms with Gasteiger partial charge in [-0.15, -0.1) is 0 Å². The van der Waals surface area contributed by atoms with Crippen LogP contribution < -0.4 is 5.32 Å². The van der Waals surface area contributed by atoms with Gasteiger partial charge in [-0.3, -0.25) is 24.3 Å². The quantitative estimate of drug-likeness (QED) is 0.867. The Morgan fingerprint density at radius 3 is 2.62 bits per heavy atom. The van der Waals surface area contributed by atoms with Crippen molar-refractivity contribution in [3.63, 3.8) is 0 Å². The van der Waals surface area contributed by atoms with Gasteiger partial charge in [0.05, 0.1) is 16.2 Å². The van der Waals surface area contributed by atoms with Gasteiger partial charge in [0.1, 0.15) is 6.04 Å². The fraction of sp³-hybridized carbons (Fsp3) is 0.294. The Kier molecular flexibility index (Phi) is 4.24. The zero-order chi connectivity index (χ0) is 17.4. The van der Waals surface area contributed by atoms with E-state index in [1.807, 2.05) is 13.0 Å². The highest BCUT2D eigenvalue weighted by Gasteiger charge is 2.36. The Bertz CT molecular complexity index is 850. The first-order valence-electron chi connectivity index (χ1n) is 7.59. The fourth-order valence-corrected chi connectivity index (χ4v) is 2.97. The molecule has 3 amide bonds. The molecule has 1 atom stereocenters. The van der Waals surface area contributed by atoms with E-state index in [-0.39, 0.29) is 24.7 Å². The third-order valence-electron chi connectivity index (χ3n) is 4.12. The van der Waals surface area contributed by atoms with Crippen LogP contribution in [0.15, 0.2) is 24.4 Å². The number of carbonyl (C=O) groups excluding carboxylic acids is 3. The maximum atomic E-state index is 12.5. The molecule has 0 bridgehead atoms. The number of aryl methyl sites for hydroxylation is 1. The maximum absolute atomic E-state index is 12.5. The molecule has 6 nitrogen and oxygen atoms in total. The minimum absolute atomic E-state index is 0.154. The van der Waals surface area contributed by atoms with Crippen LogP contribution in [0.5, 0.6) is 0 Å². The first kappa shape index (κ1) is 16.4. The van der Waals surface area contributed by atoms with Crippen molar-refractivity contribution in [3.05, 3.63) is 35.0 Å². The van der Waals surface area contributed by atoms with E-state index in [0.29, 0.717) is 16.2 Å². The predicted octanol–water partition coefficient (Wildman–Crippen LogP) is 2.67. The largest absolute Gasteiger partial charge is 0.322 e. The number of aromatic nitrogens is 1. The second-order valence-corrected chi connectivity index (χ2v) is 6.16. The lowest BCUT2D eigenvalue weighted by Crippen LogP contribution is -2.45. The van der Waals surface area contributed by atoms with E-state index in [9.17, 15) is 14.4 Å². The molecule has 0 radical (unpaired) electrons. The molecular weight excluding hydrogens is 330 g/mol. The zero-order valence-corrected chi connectivity index (χ0v) is 14.1. The lowest BCUT2D eigenvalue weighted by molar-refractivity contribution is -0.144. The van der Waals surface area contributed by atoms with Crippen molar-refractivity contribution in [2.75, 3.05) is 5.32 Å². The monoisotopic (exact) mass is 345 g/mol. The topological polar surface area (TPSA) is 79.4 Å². The van der Waals surface area contributed by atoms with Crippen LogP contribution in [0.2, 0.25) is 5.02 Å². The molecule has 2 aromatic rings. The molecule has 2 heterocycles. The molecule has 1 aliphatic rings. The molecule has 1 aromatic heterocycles. The van der Waals surface area contributed by atoms with E-state index in [0.717, 1.165) is 15.8 Å². The van der Waals surface area contributed by atoms with E-state index in [1.54, 1.807) is 18.3 Å². The van der Waals surface area contributed by atoms with Gasteiger partial charge in [-0.2, -0.15) is 0 Å². The van der Waals surface area contributed by atoms with E-state index in [1.165, 1.54) is 6.92 Å². The summed E-state index contributed by atoms with van der Waals surface area (Å²) in [6.45, 7) is 3.39. The van der Waals surface area contributed by atoms with Gasteiger partial charge in [0, 0.05) is 24.4 Å². The SMILES string of the molecule is Cc1cnc2c(NC(=O)C(C)N3C(=O)CCC3=O)cccc2c1Cl. The van der Waals surface area contributed by atoms with Crippen molar-refractivity contribution in [2.45, 2.75) is 32.7 Å². The molecule has 7 heteroatoms. The number of pyridine rings is 1. The van der Waals surface area contributed by atoms with Gasteiger partial charge in [0.2, 0.25) is 17.7 Å². The lowest BCUT2D eigenvalue weighted by Gasteiger charge is -2.22. The minimum Gasteiger partial charge on any atom is -0.322 e. The molecule has 1 saturated heterocycles. The number of imide groups is 1. The molecule has 3 rings (SSSR count). The number of benzene rings is 1. The van der Waals surface area contributed by atoms with Crippen LogP contribution in [0, 0.1) is 6.92 Å². The van der Waals surface area contributed by atoms with Crippen LogP contribution in [0.3, 0.4) is 0 Å². The Labute approximate surface area is 143 Å². The highest BCUT2D eigenvalue weighted by molar-refractivity contribution is 6.36. The number of anilines is 1. The van der Waals surface area contributed by atoms with Gasteiger partial charge in [-0.1, -0.05) is 23.7 Å². The highest BCUT2D eigenvalue weighted by Crippen LogP contribution is 2.29. The summed E-state index contributed by atoms with van der Waals surface area (Å²) >= 11 is 6.29. The number of amides is 3. The number of hydrogen-bond donors (Lipinski definition) is 1. The van der Waals surface area contributed by atoms with Crippen LogP contribution in [0.4, 0.5) is 5.69 Å². The van der Waals surface area contributed by atoms with Crippen molar-refractivity contribution in [3.8, 4) is 0 Å². The Balaban J connectivity index is 1.90. The Hall–Kier alpha value is -2.47. The molecule has 1 unspecified atom stereocenters. The van der Waals surface area contributed by atoms with Gasteiger partial charge < -0.3 is 5.32 Å². The summed E-state index contributed by atoms with van der Waals surface area (Å²) in [5.41, 5.74) is 1.90. The molecule has 24 heavy (non-hydrogen) atoms. The van der Waals surface area contributed by atoms with E-state index < -0.39 is 11.9 Å². The molecular formula is C17H16ClN3O3. The Morgan fingerprint density at radius 2 is 1.96 bits per heavy atom. The van der Waals surface area contributed by atoms with Crippen LogP contribution in [-0.2, 0) is 14.4 Å². The highest BCUT2D eigenvalue weighted by atomic mass is 35.5. The van der Waals surface area contributed by atoms with Crippen molar-refractivity contribution in [1.82, 2.24) is 9.88 Å². The van der Waals surface area contributed by atoms with Crippen molar-refractivity contribution < 1.29 is 14.4 Å². The summed E-state index contributed by atoms with van der Waals surface area (Å²) in [6.07, 6.45) is 1.94. The summed E-state index contributed by atoms with van der Waals surface area (Å²) in [5.74, 6) is -1.08. The second kappa shape index (κ2) is 6.20. The molecule has 0 aliphatic carbocycles. The first-order chi connectivity index (χ1) is 11.4. The normalized spacial score (nSPS) is 15.9. The number of nitrogens with zero attached hydrogens (tertiary/aromatic N) is 2. The number of carbonyl (C=O) groups is 3. The molecule has 1 N–H and O–H groups in total. The number of likely N-dealkylation sites (tertiary alicyclic amines) is 1. The third kappa shape index (κ3) is 2.73. The van der Waals surface area contributed by atoms with Gasteiger partial charge >= 0.3 is 0 Å². The van der Waals surface area contributed by atoms with Crippen LogP contribution in [0.1, 0.15) is 25.3 Å². The average Bonchev–Trinajstić information content (AvgIpc) is 2.89. The van der Waals surface area contributed by atoms with Crippen molar-refractivity contribution in [1.29, 1.82) is 0 Å². The minimum atomic E-state index is -0.872. The standard InChI is InChI=1S/C17H16ClN3O3/c1-9-8-19-16-11(15(9)18)4-3-5-12(16)20-17(24)10(2)21-13(22)6-7-14(21)23/h3-5,8,10H,6-7H2,1-2H3,(H,20,24). The van der Waals surface area contributed by atoms with Crippen molar-refractivity contribution in [2.24, 2.45) is 0 Å². The maximum Gasteiger partial charge on any atom is 0.247 e. The fourth-order valence-electron chi connectivity index (χ4n) is 2.77. The van der Waals surface area contributed by atoms with Gasteiger partial charge in [-0.25, -0.2) is 0 Å². The molecule has 1 fully saturated rings. The summed E-state index contributed by atoms with van der Waals surface area (Å²) in [4.78, 5) is 41.4. The van der Waals surface area contributed by atoms with Crippen LogP contribution in [-0.4, -0.2) is 33.6 Å². The summed E-state index contributed by atoms with van der Waals surface area (Å²) < 4.78 is 0. The summed E-state index contributed by atoms with van der Waals surface area (Å²) in [5, 5.41) is 4.05. The molecule has 1 aliphatic heterocycles. The van der Waals surface area contributed by atoms with E-state index in [4.69, 9.17) is 11.6 Å². The lowest BCUT2D eigenvalue weighted by atomic mass is 10.1. The Morgan fingerprint density at radius 1 is 1.29 bits per heavy atom. The molecule has 1 aromatic carbocycles. The smallest absolute Gasteiger partial charge is 0.247 e. The van der Waals surface area contributed by atoms with Gasteiger partial charge in [0.15, 0.2) is 0 Å². The number of nitrogens with one attached hydrogen (secondary N) is 1. The van der Waals surface area contributed by atoms with E-state index in [2.05, 4.69) is 10.3 Å². The number of hydrogen-bond acceptors (Lipinski definition) is 4. The second-order valence-electron chi connectivity index (χ2n) is 5.78.